The molecule has 2 rings (SSSR count). The predicted molar refractivity (Wildman–Crippen MR) is 58.6 cm³/mol. The van der Waals surface area contributed by atoms with Crippen molar-refractivity contribution in [3.05, 3.63) is 34.4 Å². The molecule has 0 aliphatic carbocycles. The minimum absolute atomic E-state index is 0.106. The zero-order valence-corrected chi connectivity index (χ0v) is 9.48. The molecule has 14 heavy (non-hydrogen) atoms. The van der Waals surface area contributed by atoms with Crippen LogP contribution < -0.4 is 0 Å². The van der Waals surface area contributed by atoms with E-state index in [0.717, 1.165) is 13.0 Å². The second-order valence-electron chi connectivity index (χ2n) is 4.72. The Morgan fingerprint density at radius 2 is 1.93 bits per heavy atom. The zero-order chi connectivity index (χ0) is 10.3. The monoisotopic (exact) mass is 190 g/mol. The van der Waals surface area contributed by atoms with E-state index in [1.165, 1.54) is 22.3 Å². The van der Waals surface area contributed by atoms with Crippen LogP contribution in [0.15, 0.2) is 12.1 Å². The van der Waals surface area contributed by atoms with E-state index in [1.54, 1.807) is 0 Å². The lowest BCUT2D eigenvalue weighted by Gasteiger charge is -2.34. The second-order valence-corrected chi connectivity index (χ2v) is 4.72. The minimum Gasteiger partial charge on any atom is -0.371 e. The molecule has 0 unspecified atom stereocenters. The molecule has 0 aromatic heterocycles. The number of rotatable bonds is 0. The van der Waals surface area contributed by atoms with Crippen molar-refractivity contribution in [3.8, 4) is 0 Å². The van der Waals surface area contributed by atoms with Gasteiger partial charge in [-0.15, -0.1) is 0 Å². The molecule has 0 bridgehead atoms. The van der Waals surface area contributed by atoms with Crippen LogP contribution in [-0.4, -0.2) is 6.61 Å². The third-order valence-corrected chi connectivity index (χ3v) is 3.00. The summed E-state index contributed by atoms with van der Waals surface area (Å²) < 4.78 is 5.81. The maximum atomic E-state index is 5.81. The summed E-state index contributed by atoms with van der Waals surface area (Å²) in [6, 6.07) is 4.54. The van der Waals surface area contributed by atoms with Crippen molar-refractivity contribution < 1.29 is 4.74 Å². The van der Waals surface area contributed by atoms with E-state index < -0.39 is 0 Å². The van der Waals surface area contributed by atoms with Crippen LogP contribution in [0.5, 0.6) is 0 Å². The molecule has 0 fully saturated rings. The van der Waals surface area contributed by atoms with Gasteiger partial charge in [-0.05, 0) is 50.8 Å². The minimum atomic E-state index is -0.106. The normalized spacial score (nSPS) is 19.1. The molecule has 0 amide bonds. The van der Waals surface area contributed by atoms with Crippen molar-refractivity contribution in [1.29, 1.82) is 0 Å². The fraction of sp³-hybridized carbons (Fsp3) is 0.538. The molecule has 1 heteroatoms. The van der Waals surface area contributed by atoms with Crippen LogP contribution in [0.4, 0.5) is 0 Å². The molecule has 0 atom stereocenters. The van der Waals surface area contributed by atoms with E-state index in [1.807, 2.05) is 0 Å². The summed E-state index contributed by atoms with van der Waals surface area (Å²) >= 11 is 0. The largest absolute Gasteiger partial charge is 0.371 e. The van der Waals surface area contributed by atoms with Gasteiger partial charge in [0.1, 0.15) is 0 Å². The molecule has 0 saturated heterocycles. The Labute approximate surface area is 86.1 Å². The summed E-state index contributed by atoms with van der Waals surface area (Å²) in [5.74, 6) is 0. The van der Waals surface area contributed by atoms with Crippen molar-refractivity contribution in [2.75, 3.05) is 6.61 Å². The zero-order valence-electron chi connectivity index (χ0n) is 9.48. The average Bonchev–Trinajstić information content (AvgIpc) is 2.00. The summed E-state index contributed by atoms with van der Waals surface area (Å²) in [5.41, 5.74) is 5.49. The Bertz CT molecular complexity index is 364. The van der Waals surface area contributed by atoms with Crippen LogP contribution in [0.25, 0.3) is 0 Å². The van der Waals surface area contributed by atoms with Gasteiger partial charge < -0.3 is 4.74 Å². The molecular formula is C13H18O. The summed E-state index contributed by atoms with van der Waals surface area (Å²) in [4.78, 5) is 0. The fourth-order valence-electron chi connectivity index (χ4n) is 2.60. The van der Waals surface area contributed by atoms with Gasteiger partial charge in [0.15, 0.2) is 0 Å². The number of benzene rings is 1. The highest BCUT2D eigenvalue weighted by Gasteiger charge is 2.29. The van der Waals surface area contributed by atoms with Crippen molar-refractivity contribution in [2.24, 2.45) is 0 Å². The molecule has 0 spiro atoms. The Balaban J connectivity index is 2.63. The maximum Gasteiger partial charge on any atom is 0.0880 e. The van der Waals surface area contributed by atoms with Crippen LogP contribution in [0.1, 0.15) is 36.1 Å². The quantitative estimate of drug-likeness (QED) is 0.610. The first-order valence-corrected chi connectivity index (χ1v) is 5.25. The lowest BCUT2D eigenvalue weighted by molar-refractivity contribution is -0.0319. The van der Waals surface area contributed by atoms with Gasteiger partial charge in [-0.1, -0.05) is 17.7 Å². The van der Waals surface area contributed by atoms with E-state index in [-0.39, 0.29) is 5.60 Å². The number of ether oxygens (including phenoxy) is 1. The molecule has 1 aliphatic heterocycles. The van der Waals surface area contributed by atoms with Crippen LogP contribution >= 0.6 is 0 Å². The van der Waals surface area contributed by atoms with Crippen molar-refractivity contribution >= 4 is 0 Å². The number of fused-ring (bicyclic) bond motifs is 1. The van der Waals surface area contributed by atoms with Crippen molar-refractivity contribution in [3.63, 3.8) is 0 Å². The van der Waals surface area contributed by atoms with E-state index in [4.69, 9.17) is 4.74 Å². The molecule has 1 nitrogen and oxygen atoms in total. The van der Waals surface area contributed by atoms with E-state index in [2.05, 4.69) is 39.8 Å². The van der Waals surface area contributed by atoms with Gasteiger partial charge in [0.25, 0.3) is 0 Å². The summed E-state index contributed by atoms with van der Waals surface area (Å²) in [6.07, 6.45) is 1.06. The van der Waals surface area contributed by atoms with Gasteiger partial charge >= 0.3 is 0 Å². The van der Waals surface area contributed by atoms with Gasteiger partial charge in [0.05, 0.1) is 12.2 Å². The molecule has 0 radical (unpaired) electrons. The average molecular weight is 190 g/mol. The van der Waals surface area contributed by atoms with E-state index in [9.17, 15) is 0 Å². The molecule has 76 valence electrons. The van der Waals surface area contributed by atoms with Gasteiger partial charge in [-0.2, -0.15) is 0 Å². The molecule has 1 heterocycles. The first kappa shape index (κ1) is 9.72. The van der Waals surface area contributed by atoms with Crippen molar-refractivity contribution in [2.45, 2.75) is 39.7 Å². The molecule has 1 aromatic carbocycles. The van der Waals surface area contributed by atoms with Gasteiger partial charge in [-0.3, -0.25) is 0 Å². The third kappa shape index (κ3) is 1.46. The summed E-state index contributed by atoms with van der Waals surface area (Å²) in [5, 5.41) is 0. The second kappa shape index (κ2) is 3.09. The standard InChI is InChI=1S/C13H18O/c1-9-7-10(2)12-11(8-9)5-6-14-13(12,3)4/h7-8H,5-6H2,1-4H3. The fourth-order valence-corrected chi connectivity index (χ4v) is 2.60. The van der Waals surface area contributed by atoms with Gasteiger partial charge in [-0.25, -0.2) is 0 Å². The predicted octanol–water partition coefficient (Wildman–Crippen LogP) is 3.11. The summed E-state index contributed by atoms with van der Waals surface area (Å²) in [7, 11) is 0. The van der Waals surface area contributed by atoms with Crippen LogP contribution in [0.2, 0.25) is 0 Å². The molecular weight excluding hydrogens is 172 g/mol. The first-order valence-electron chi connectivity index (χ1n) is 5.25. The highest BCUT2D eigenvalue weighted by atomic mass is 16.5. The SMILES string of the molecule is Cc1cc(C)c2c(c1)CCOC2(C)C. The maximum absolute atomic E-state index is 5.81. The van der Waals surface area contributed by atoms with Crippen LogP contribution in [0.3, 0.4) is 0 Å². The lowest BCUT2D eigenvalue weighted by Crippen LogP contribution is -2.30. The van der Waals surface area contributed by atoms with Gasteiger partial charge in [0, 0.05) is 0 Å². The molecule has 1 aromatic rings. The Kier molecular flexibility index (Phi) is 2.15. The first-order chi connectivity index (χ1) is 6.50. The smallest absolute Gasteiger partial charge is 0.0880 e. The highest BCUT2D eigenvalue weighted by molar-refractivity contribution is 5.42. The summed E-state index contributed by atoms with van der Waals surface area (Å²) in [6.45, 7) is 9.52. The van der Waals surface area contributed by atoms with Crippen molar-refractivity contribution in [1.82, 2.24) is 0 Å². The molecule has 1 aliphatic rings. The Hall–Kier alpha value is -0.820. The highest BCUT2D eigenvalue weighted by Crippen LogP contribution is 2.35. The number of hydrogen-bond acceptors (Lipinski definition) is 1. The topological polar surface area (TPSA) is 9.23 Å². The van der Waals surface area contributed by atoms with E-state index >= 15 is 0 Å². The Morgan fingerprint density at radius 1 is 1.21 bits per heavy atom. The van der Waals surface area contributed by atoms with Crippen LogP contribution in [-0.2, 0) is 16.8 Å². The lowest BCUT2D eigenvalue weighted by atomic mass is 9.85. The van der Waals surface area contributed by atoms with E-state index in [0.29, 0.717) is 0 Å². The molecule has 0 N–H and O–H groups in total. The number of hydrogen-bond donors (Lipinski definition) is 0. The van der Waals surface area contributed by atoms with Crippen LogP contribution in [0, 0.1) is 13.8 Å². The number of aryl methyl sites for hydroxylation is 2. The Morgan fingerprint density at radius 3 is 2.64 bits per heavy atom. The van der Waals surface area contributed by atoms with Gasteiger partial charge in [0.2, 0.25) is 0 Å². The molecule has 0 saturated carbocycles. The third-order valence-electron chi connectivity index (χ3n) is 3.00.